The van der Waals surface area contributed by atoms with Gasteiger partial charge in [0.15, 0.2) is 0 Å². The molecule has 1 saturated heterocycles. The molecule has 26 heavy (non-hydrogen) atoms. The predicted octanol–water partition coefficient (Wildman–Crippen LogP) is 4.43. The van der Waals surface area contributed by atoms with Gasteiger partial charge in [0, 0.05) is 24.4 Å². The number of hydrogen-bond acceptors (Lipinski definition) is 3. The second kappa shape index (κ2) is 8.45. The molecule has 1 aliphatic rings. The first kappa shape index (κ1) is 18.6. The zero-order valence-corrected chi connectivity index (χ0v) is 15.6. The molecule has 0 radical (unpaired) electrons. The number of rotatable bonds is 6. The van der Waals surface area contributed by atoms with Crippen LogP contribution < -0.4 is 0 Å². The number of benzene rings is 1. The minimum atomic E-state index is -0.713. The van der Waals surface area contributed by atoms with Crippen molar-refractivity contribution in [3.63, 3.8) is 0 Å². The molecule has 0 bridgehead atoms. The van der Waals surface area contributed by atoms with Crippen molar-refractivity contribution in [2.24, 2.45) is 0 Å². The molecule has 4 heteroatoms. The van der Waals surface area contributed by atoms with Crippen LogP contribution in [0.25, 0.3) is 0 Å². The molecule has 1 N–H and O–H groups in total. The Labute approximate surface area is 155 Å². The fraction of sp³-hybridized carbons (Fsp3) is 0.455. The summed E-state index contributed by atoms with van der Waals surface area (Å²) in [5.41, 5.74) is 3.48. The summed E-state index contributed by atoms with van der Waals surface area (Å²) in [5, 5.41) is 9.73. The molecule has 0 spiro atoms. The van der Waals surface area contributed by atoms with Crippen LogP contribution in [-0.2, 0) is 11.2 Å². The number of aliphatic carboxylic acids is 1. The molecule has 1 aliphatic heterocycles. The van der Waals surface area contributed by atoms with Gasteiger partial charge in [-0.1, -0.05) is 50.6 Å². The standard InChI is InChI=1S/C22H28N2O2/c1-16(2)17-9-11-18(12-10-17)21(15-19-7-3-5-13-23-19)24-14-6-4-8-20(24)22(25)26/h3,5,7,9-13,16,20-21H,4,6,8,14-15H2,1-2H3,(H,25,26). The van der Waals surface area contributed by atoms with Crippen LogP contribution in [0, 0.1) is 0 Å². The van der Waals surface area contributed by atoms with E-state index in [2.05, 4.69) is 48.0 Å². The topological polar surface area (TPSA) is 53.4 Å². The Hall–Kier alpha value is -2.20. The zero-order valence-electron chi connectivity index (χ0n) is 15.6. The van der Waals surface area contributed by atoms with Crippen LogP contribution in [0.4, 0.5) is 0 Å². The monoisotopic (exact) mass is 352 g/mol. The molecular weight excluding hydrogens is 324 g/mol. The van der Waals surface area contributed by atoms with E-state index in [-0.39, 0.29) is 6.04 Å². The third kappa shape index (κ3) is 4.31. The second-order valence-electron chi connectivity index (χ2n) is 7.45. The van der Waals surface area contributed by atoms with E-state index >= 15 is 0 Å². The van der Waals surface area contributed by atoms with E-state index in [1.54, 1.807) is 6.20 Å². The van der Waals surface area contributed by atoms with Gasteiger partial charge < -0.3 is 5.11 Å². The van der Waals surface area contributed by atoms with Gasteiger partial charge in [-0.2, -0.15) is 0 Å². The quantitative estimate of drug-likeness (QED) is 0.836. The first-order valence-electron chi connectivity index (χ1n) is 9.54. The Kier molecular flexibility index (Phi) is 6.04. The van der Waals surface area contributed by atoms with Crippen LogP contribution in [0.3, 0.4) is 0 Å². The lowest BCUT2D eigenvalue weighted by molar-refractivity contribution is -0.146. The van der Waals surface area contributed by atoms with Crippen LogP contribution in [0.5, 0.6) is 0 Å². The van der Waals surface area contributed by atoms with Crippen LogP contribution in [-0.4, -0.2) is 33.5 Å². The van der Waals surface area contributed by atoms with Crippen LogP contribution in [0.2, 0.25) is 0 Å². The summed E-state index contributed by atoms with van der Waals surface area (Å²) in [6, 6.07) is 14.2. The molecule has 0 aliphatic carbocycles. The number of pyridine rings is 1. The van der Waals surface area contributed by atoms with Crippen molar-refractivity contribution in [3.05, 3.63) is 65.5 Å². The van der Waals surface area contributed by atoms with E-state index in [1.165, 1.54) is 11.1 Å². The van der Waals surface area contributed by atoms with Gasteiger partial charge in [0.1, 0.15) is 6.04 Å². The van der Waals surface area contributed by atoms with E-state index < -0.39 is 12.0 Å². The fourth-order valence-corrected chi connectivity index (χ4v) is 3.84. The van der Waals surface area contributed by atoms with Crippen molar-refractivity contribution in [1.82, 2.24) is 9.88 Å². The molecule has 1 aromatic heterocycles. The number of piperidine rings is 1. The van der Waals surface area contributed by atoms with Crippen molar-refractivity contribution in [2.45, 2.75) is 57.5 Å². The summed E-state index contributed by atoms with van der Waals surface area (Å²) >= 11 is 0. The van der Waals surface area contributed by atoms with Crippen molar-refractivity contribution < 1.29 is 9.90 Å². The molecule has 2 unspecified atom stereocenters. The molecule has 0 amide bonds. The summed E-state index contributed by atoms with van der Waals surface area (Å²) in [5.74, 6) is -0.227. The lowest BCUT2D eigenvalue weighted by atomic mass is 9.92. The van der Waals surface area contributed by atoms with E-state index in [0.29, 0.717) is 5.92 Å². The molecule has 2 heterocycles. The predicted molar refractivity (Wildman–Crippen MR) is 103 cm³/mol. The number of carbonyl (C=O) groups is 1. The SMILES string of the molecule is CC(C)c1ccc(C(Cc2ccccn2)N2CCCCC2C(=O)O)cc1. The lowest BCUT2D eigenvalue weighted by Gasteiger charge is -2.39. The molecule has 1 fully saturated rings. The lowest BCUT2D eigenvalue weighted by Crippen LogP contribution is -2.47. The van der Waals surface area contributed by atoms with E-state index in [9.17, 15) is 9.90 Å². The molecule has 4 nitrogen and oxygen atoms in total. The Morgan fingerprint density at radius 3 is 2.50 bits per heavy atom. The molecular formula is C22H28N2O2. The van der Waals surface area contributed by atoms with Gasteiger partial charge in [-0.3, -0.25) is 14.7 Å². The fourth-order valence-electron chi connectivity index (χ4n) is 3.84. The first-order valence-corrected chi connectivity index (χ1v) is 9.54. The van der Waals surface area contributed by atoms with Gasteiger partial charge in [-0.15, -0.1) is 0 Å². The van der Waals surface area contributed by atoms with Crippen LogP contribution in [0.1, 0.15) is 61.9 Å². The maximum Gasteiger partial charge on any atom is 0.320 e. The largest absolute Gasteiger partial charge is 0.480 e. The summed E-state index contributed by atoms with van der Waals surface area (Å²) in [6.45, 7) is 5.19. The van der Waals surface area contributed by atoms with Gasteiger partial charge in [0.25, 0.3) is 0 Å². The Bertz CT molecular complexity index is 713. The molecule has 3 rings (SSSR count). The van der Waals surface area contributed by atoms with Crippen molar-refractivity contribution in [2.75, 3.05) is 6.54 Å². The smallest absolute Gasteiger partial charge is 0.320 e. The van der Waals surface area contributed by atoms with Gasteiger partial charge in [-0.25, -0.2) is 0 Å². The highest BCUT2D eigenvalue weighted by molar-refractivity contribution is 5.73. The molecule has 2 atom stereocenters. The van der Waals surface area contributed by atoms with E-state index in [0.717, 1.165) is 37.9 Å². The van der Waals surface area contributed by atoms with Gasteiger partial charge in [0.05, 0.1) is 0 Å². The average molecular weight is 352 g/mol. The van der Waals surface area contributed by atoms with E-state index in [4.69, 9.17) is 0 Å². The van der Waals surface area contributed by atoms with Crippen molar-refractivity contribution in [3.8, 4) is 0 Å². The van der Waals surface area contributed by atoms with Crippen LogP contribution >= 0.6 is 0 Å². The summed E-state index contributed by atoms with van der Waals surface area (Å²) in [4.78, 5) is 18.5. The second-order valence-corrected chi connectivity index (χ2v) is 7.45. The normalized spacial score (nSPS) is 19.4. The number of hydrogen-bond donors (Lipinski definition) is 1. The minimum absolute atomic E-state index is 0.0347. The van der Waals surface area contributed by atoms with Crippen molar-refractivity contribution >= 4 is 5.97 Å². The average Bonchev–Trinajstić information content (AvgIpc) is 2.67. The first-order chi connectivity index (χ1) is 12.6. The Morgan fingerprint density at radius 2 is 1.88 bits per heavy atom. The highest BCUT2D eigenvalue weighted by atomic mass is 16.4. The number of aromatic nitrogens is 1. The molecule has 0 saturated carbocycles. The highest BCUT2D eigenvalue weighted by Gasteiger charge is 2.34. The van der Waals surface area contributed by atoms with Gasteiger partial charge >= 0.3 is 5.97 Å². The number of likely N-dealkylation sites (tertiary alicyclic amines) is 1. The van der Waals surface area contributed by atoms with E-state index in [1.807, 2.05) is 18.2 Å². The maximum atomic E-state index is 11.8. The van der Waals surface area contributed by atoms with Gasteiger partial charge in [-0.05, 0) is 48.6 Å². The number of carboxylic acids is 1. The summed E-state index contributed by atoms with van der Waals surface area (Å²) < 4.78 is 0. The summed E-state index contributed by atoms with van der Waals surface area (Å²) in [6.07, 6.45) is 5.28. The Morgan fingerprint density at radius 1 is 1.15 bits per heavy atom. The molecule has 1 aromatic carbocycles. The summed E-state index contributed by atoms with van der Waals surface area (Å²) in [7, 11) is 0. The zero-order chi connectivity index (χ0) is 18.5. The molecule has 138 valence electrons. The Balaban J connectivity index is 1.93. The van der Waals surface area contributed by atoms with Crippen LogP contribution in [0.15, 0.2) is 48.7 Å². The number of carboxylic acid groups (broad SMARTS) is 1. The van der Waals surface area contributed by atoms with Gasteiger partial charge in [0.2, 0.25) is 0 Å². The third-order valence-corrected chi connectivity index (χ3v) is 5.35. The molecule has 2 aromatic rings. The number of nitrogens with zero attached hydrogens (tertiary/aromatic N) is 2. The third-order valence-electron chi connectivity index (χ3n) is 5.35. The van der Waals surface area contributed by atoms with Crippen molar-refractivity contribution in [1.29, 1.82) is 0 Å². The highest BCUT2D eigenvalue weighted by Crippen LogP contribution is 2.32. The maximum absolute atomic E-state index is 11.8. The minimum Gasteiger partial charge on any atom is -0.480 e.